The maximum Gasteiger partial charge on any atom is 0.271 e. The van der Waals surface area contributed by atoms with Gasteiger partial charge in [-0.3, -0.25) is 9.59 Å². The molecule has 1 aromatic carbocycles. The fourth-order valence-corrected chi connectivity index (χ4v) is 5.88. The first kappa shape index (κ1) is 22.0. The minimum atomic E-state index is -0.973. The Labute approximate surface area is 199 Å². The van der Waals surface area contributed by atoms with Gasteiger partial charge in [-0.25, -0.2) is 0 Å². The first-order valence-electron chi connectivity index (χ1n) is 11.9. The molecular weight excluding hydrogens is 430 g/mol. The average molecular weight is 462 g/mol. The van der Waals surface area contributed by atoms with Crippen molar-refractivity contribution < 1.29 is 9.59 Å². The zero-order valence-electron chi connectivity index (χ0n) is 19.3. The van der Waals surface area contributed by atoms with E-state index < -0.39 is 5.54 Å². The van der Waals surface area contributed by atoms with Crippen molar-refractivity contribution in [3.63, 3.8) is 0 Å². The number of thiophene rings is 1. The van der Waals surface area contributed by atoms with Crippen molar-refractivity contribution in [1.29, 1.82) is 0 Å². The van der Waals surface area contributed by atoms with Crippen LogP contribution in [0, 0.1) is 5.92 Å². The van der Waals surface area contributed by atoms with E-state index in [0.717, 1.165) is 47.7 Å². The molecule has 0 unspecified atom stereocenters. The third-order valence-corrected chi connectivity index (χ3v) is 8.17. The van der Waals surface area contributed by atoms with Crippen LogP contribution in [0.3, 0.4) is 0 Å². The minimum absolute atomic E-state index is 0.0506. The number of benzene rings is 1. The summed E-state index contributed by atoms with van der Waals surface area (Å²) in [5.74, 6) is 0.577. The lowest BCUT2D eigenvalue weighted by atomic mass is 9.86. The summed E-state index contributed by atoms with van der Waals surface area (Å²) in [6, 6.07) is 18.2. The van der Waals surface area contributed by atoms with Crippen LogP contribution < -0.4 is 5.32 Å². The smallest absolute Gasteiger partial charge is 0.271 e. The van der Waals surface area contributed by atoms with Crippen LogP contribution in [-0.4, -0.2) is 32.9 Å². The first-order chi connectivity index (χ1) is 16.0. The predicted octanol–water partition coefficient (Wildman–Crippen LogP) is 5.33. The highest BCUT2D eigenvalue weighted by molar-refractivity contribution is 7.09. The van der Waals surface area contributed by atoms with Crippen molar-refractivity contribution in [2.75, 3.05) is 0 Å². The zero-order chi connectivity index (χ0) is 23.0. The monoisotopic (exact) mass is 461 g/mol. The molecule has 1 N–H and O–H groups in total. The van der Waals surface area contributed by atoms with Gasteiger partial charge in [-0.2, -0.15) is 0 Å². The molecule has 6 heteroatoms. The van der Waals surface area contributed by atoms with Gasteiger partial charge in [0.25, 0.3) is 5.91 Å². The van der Waals surface area contributed by atoms with E-state index in [2.05, 4.69) is 12.2 Å². The third-order valence-electron chi connectivity index (χ3n) is 7.31. The molecular formula is C27H31N3O2S. The van der Waals surface area contributed by atoms with Gasteiger partial charge in [0.2, 0.25) is 5.91 Å². The normalized spacial score (nSPS) is 25.0. The van der Waals surface area contributed by atoms with Crippen molar-refractivity contribution in [2.24, 2.45) is 5.92 Å². The Hall–Kier alpha value is -2.86. The number of fused-ring (bicyclic) bond motifs is 1. The summed E-state index contributed by atoms with van der Waals surface area (Å²) >= 11 is 1.62. The highest BCUT2D eigenvalue weighted by Gasteiger charge is 2.48. The van der Waals surface area contributed by atoms with Gasteiger partial charge in [0.1, 0.15) is 11.2 Å². The second-order valence-electron chi connectivity index (χ2n) is 9.73. The van der Waals surface area contributed by atoms with Gasteiger partial charge >= 0.3 is 0 Å². The van der Waals surface area contributed by atoms with Gasteiger partial charge in [-0.05, 0) is 67.7 Å². The molecule has 33 heavy (non-hydrogen) atoms. The van der Waals surface area contributed by atoms with Gasteiger partial charge in [-0.15, -0.1) is 11.3 Å². The number of hydrogen-bond donors (Lipinski definition) is 1. The van der Waals surface area contributed by atoms with Crippen LogP contribution in [0.4, 0.5) is 0 Å². The number of carbonyl (C=O) groups excluding carboxylic acids is 2. The topological polar surface area (TPSA) is 54.3 Å². The largest absolute Gasteiger partial charge is 0.351 e. The molecule has 0 bridgehead atoms. The average Bonchev–Trinajstić information content (AvgIpc) is 3.49. The lowest BCUT2D eigenvalue weighted by molar-refractivity contribution is -0.134. The molecule has 1 aliphatic carbocycles. The summed E-state index contributed by atoms with van der Waals surface area (Å²) in [5.41, 5.74) is 1.69. The number of rotatable bonds is 5. The SMILES string of the molecule is CC1CCC(NC(=O)[C@]2(C)Cn3c(ccc3-c3ccccc3)C(=O)N2Cc2cccs2)CC1. The van der Waals surface area contributed by atoms with Crippen molar-refractivity contribution in [1.82, 2.24) is 14.8 Å². The minimum Gasteiger partial charge on any atom is -0.351 e. The third kappa shape index (κ3) is 4.12. The Morgan fingerprint density at radius 2 is 1.76 bits per heavy atom. The van der Waals surface area contributed by atoms with E-state index in [4.69, 9.17) is 0 Å². The molecule has 5 nitrogen and oxygen atoms in total. The molecule has 172 valence electrons. The lowest BCUT2D eigenvalue weighted by Crippen LogP contribution is -2.64. The Balaban J connectivity index is 1.50. The van der Waals surface area contributed by atoms with Crippen LogP contribution in [0.2, 0.25) is 0 Å². The standard InChI is InChI=1S/C27H31N3O2S/c1-19-10-12-21(13-11-19)28-26(32)27(2)18-29-23(20-7-4-3-5-8-20)14-15-24(29)25(31)30(27)17-22-9-6-16-33-22/h3-9,14-16,19,21H,10-13,17-18H2,1-2H3,(H,28,32)/t19?,21?,27-/m0/s1. The summed E-state index contributed by atoms with van der Waals surface area (Å²) in [7, 11) is 0. The van der Waals surface area contributed by atoms with Crippen molar-refractivity contribution in [3.8, 4) is 11.3 Å². The number of carbonyl (C=O) groups is 2. The second kappa shape index (κ2) is 8.82. The van der Waals surface area contributed by atoms with Crippen molar-refractivity contribution in [2.45, 2.75) is 64.2 Å². The number of nitrogens with zero attached hydrogens (tertiary/aromatic N) is 2. The van der Waals surface area contributed by atoms with Crippen LogP contribution >= 0.6 is 11.3 Å². The van der Waals surface area contributed by atoms with Crippen LogP contribution in [-0.2, 0) is 17.9 Å². The van der Waals surface area contributed by atoms with E-state index in [9.17, 15) is 9.59 Å². The number of nitrogens with one attached hydrogen (secondary N) is 1. The van der Waals surface area contributed by atoms with Gasteiger partial charge in [0.15, 0.2) is 0 Å². The molecule has 2 aliphatic rings. The van der Waals surface area contributed by atoms with Crippen LogP contribution in [0.5, 0.6) is 0 Å². The first-order valence-corrected chi connectivity index (χ1v) is 12.7. The highest BCUT2D eigenvalue weighted by Crippen LogP contribution is 2.35. The van der Waals surface area contributed by atoms with Crippen LogP contribution in [0.15, 0.2) is 60.0 Å². The summed E-state index contributed by atoms with van der Waals surface area (Å²) in [6.45, 7) is 5.08. The van der Waals surface area contributed by atoms with E-state index in [0.29, 0.717) is 18.8 Å². The molecule has 0 radical (unpaired) electrons. The van der Waals surface area contributed by atoms with Gasteiger partial charge in [0, 0.05) is 16.6 Å². The summed E-state index contributed by atoms with van der Waals surface area (Å²) in [6.07, 6.45) is 4.29. The zero-order valence-corrected chi connectivity index (χ0v) is 20.1. The van der Waals surface area contributed by atoms with E-state index in [1.165, 1.54) is 0 Å². The molecule has 1 saturated carbocycles. The molecule has 0 saturated heterocycles. The van der Waals surface area contributed by atoms with Crippen molar-refractivity contribution >= 4 is 23.2 Å². The summed E-state index contributed by atoms with van der Waals surface area (Å²) in [4.78, 5) is 30.5. The Bertz CT molecular complexity index is 1130. The van der Waals surface area contributed by atoms with E-state index in [-0.39, 0.29) is 17.9 Å². The fraction of sp³-hybridized carbons (Fsp3) is 0.407. The van der Waals surface area contributed by atoms with Gasteiger partial charge < -0.3 is 14.8 Å². The highest BCUT2D eigenvalue weighted by atomic mass is 32.1. The number of amides is 2. The predicted molar refractivity (Wildman–Crippen MR) is 132 cm³/mol. The number of hydrogen-bond acceptors (Lipinski definition) is 3. The number of aromatic nitrogens is 1. The maximum absolute atomic E-state index is 13.8. The second-order valence-corrected chi connectivity index (χ2v) is 10.8. The molecule has 1 atom stereocenters. The Morgan fingerprint density at radius 1 is 1.03 bits per heavy atom. The van der Waals surface area contributed by atoms with Crippen LogP contribution in [0.1, 0.15) is 54.9 Å². The maximum atomic E-state index is 13.8. The van der Waals surface area contributed by atoms with E-state index in [1.807, 2.05) is 71.5 Å². The van der Waals surface area contributed by atoms with Gasteiger partial charge in [-0.1, -0.05) is 43.3 Å². The molecule has 2 amide bonds. The van der Waals surface area contributed by atoms with E-state index >= 15 is 0 Å². The van der Waals surface area contributed by atoms with E-state index in [1.54, 1.807) is 16.2 Å². The Kier molecular flexibility index (Phi) is 5.87. The Morgan fingerprint density at radius 3 is 2.45 bits per heavy atom. The molecule has 3 aromatic rings. The lowest BCUT2D eigenvalue weighted by Gasteiger charge is -2.45. The fourth-order valence-electron chi connectivity index (χ4n) is 5.19. The summed E-state index contributed by atoms with van der Waals surface area (Å²) < 4.78 is 2.03. The quantitative estimate of drug-likeness (QED) is 0.559. The molecule has 1 aliphatic heterocycles. The molecule has 0 spiro atoms. The molecule has 5 rings (SSSR count). The van der Waals surface area contributed by atoms with Gasteiger partial charge in [0.05, 0.1) is 13.1 Å². The molecule has 3 heterocycles. The molecule has 1 fully saturated rings. The van der Waals surface area contributed by atoms with Crippen LogP contribution in [0.25, 0.3) is 11.3 Å². The summed E-state index contributed by atoms with van der Waals surface area (Å²) in [5, 5.41) is 5.33. The van der Waals surface area contributed by atoms with Crippen molar-refractivity contribution in [3.05, 3.63) is 70.5 Å². The molecule has 2 aromatic heterocycles.